The third kappa shape index (κ3) is 4.22. The molecule has 2 unspecified atom stereocenters. The SMILES string of the molecule is C[N+](C)(c1nccc(N2CCC(C(CC#N)n3cc(-c4ncnc5[nH]ccc45)cn3)C2)n1)[SH](=O)=O. The second-order valence-corrected chi connectivity index (χ2v) is 10.4. The van der Waals surface area contributed by atoms with E-state index in [1.165, 1.54) is 20.4 Å². The van der Waals surface area contributed by atoms with Crippen LogP contribution in [0.5, 0.6) is 0 Å². The van der Waals surface area contributed by atoms with E-state index < -0.39 is 14.8 Å². The van der Waals surface area contributed by atoms with Gasteiger partial charge in [-0.1, -0.05) is 0 Å². The molecule has 0 radical (unpaired) electrons. The number of aromatic amines is 1. The van der Waals surface area contributed by atoms with E-state index in [0.29, 0.717) is 18.8 Å². The molecule has 2 atom stereocenters. The molecule has 0 bridgehead atoms. The number of hydrogen-bond acceptors (Lipinski definition) is 9. The van der Waals surface area contributed by atoms with E-state index >= 15 is 0 Å². The second-order valence-electron chi connectivity index (χ2n) is 8.94. The first-order valence-electron chi connectivity index (χ1n) is 11.2. The van der Waals surface area contributed by atoms with Crippen LogP contribution in [-0.4, -0.2) is 70.3 Å². The fraction of sp³-hybridized carbons (Fsp3) is 0.364. The van der Waals surface area contributed by atoms with Crippen molar-refractivity contribution in [3.8, 4) is 17.3 Å². The number of aromatic nitrogens is 7. The average Bonchev–Trinajstić information content (AvgIpc) is 3.63. The highest BCUT2D eigenvalue weighted by atomic mass is 32.2. The predicted molar refractivity (Wildman–Crippen MR) is 131 cm³/mol. The summed E-state index contributed by atoms with van der Waals surface area (Å²) < 4.78 is 24.7. The molecule has 5 rings (SSSR count). The van der Waals surface area contributed by atoms with Gasteiger partial charge < -0.3 is 9.88 Å². The molecule has 0 amide bonds. The van der Waals surface area contributed by atoms with Crippen LogP contribution in [0.1, 0.15) is 18.9 Å². The summed E-state index contributed by atoms with van der Waals surface area (Å²) in [5.41, 5.74) is 2.41. The number of nitriles is 1. The van der Waals surface area contributed by atoms with Crippen molar-refractivity contribution >= 4 is 33.7 Å². The van der Waals surface area contributed by atoms with Crippen molar-refractivity contribution in [1.82, 2.24) is 38.6 Å². The maximum Gasteiger partial charge on any atom is 0.345 e. The lowest BCUT2D eigenvalue weighted by atomic mass is 9.96. The predicted octanol–water partition coefficient (Wildman–Crippen LogP) is 1.69. The Balaban J connectivity index is 1.38. The van der Waals surface area contributed by atoms with Crippen molar-refractivity contribution < 1.29 is 8.42 Å². The zero-order valence-electron chi connectivity index (χ0n) is 19.3. The summed E-state index contributed by atoms with van der Waals surface area (Å²) in [5.74, 6) is 1.05. The molecule has 35 heavy (non-hydrogen) atoms. The van der Waals surface area contributed by atoms with E-state index in [4.69, 9.17) is 0 Å². The molecule has 1 N–H and O–H groups in total. The van der Waals surface area contributed by atoms with Crippen molar-refractivity contribution in [2.75, 3.05) is 32.1 Å². The number of anilines is 1. The molecule has 180 valence electrons. The lowest BCUT2D eigenvalue weighted by Gasteiger charge is -2.24. The molecule has 0 spiro atoms. The number of thiol groups is 1. The summed E-state index contributed by atoms with van der Waals surface area (Å²) in [4.78, 5) is 22.6. The number of quaternary nitrogens is 1. The summed E-state index contributed by atoms with van der Waals surface area (Å²) in [6.45, 7) is 1.41. The summed E-state index contributed by atoms with van der Waals surface area (Å²) in [7, 11) is 0.284. The summed E-state index contributed by atoms with van der Waals surface area (Å²) in [6, 6.07) is 5.91. The molecule has 5 heterocycles. The fourth-order valence-corrected chi connectivity index (χ4v) is 4.72. The van der Waals surface area contributed by atoms with Crippen molar-refractivity contribution in [2.45, 2.75) is 18.9 Å². The van der Waals surface area contributed by atoms with Gasteiger partial charge in [0, 0.05) is 48.5 Å². The number of hydrogen-bond donors (Lipinski definition) is 2. The standard InChI is InChI=1S/C22H25N10O2S/c1-32(2,35(33)34)22-25-9-5-19(29-22)30-10-6-15(12-30)18(3-7-23)31-13-16(11-28-31)20-17-4-8-24-21(17)27-14-26-20/h4-5,8-9,11,13-15,18,35H,3,6,10,12H2,1-2H3,(H,24,26,27)/q+1. The molecular formula is C22H25N10O2S+. The van der Waals surface area contributed by atoms with Crippen LogP contribution in [0.4, 0.5) is 11.8 Å². The van der Waals surface area contributed by atoms with Crippen LogP contribution < -0.4 is 8.79 Å². The second kappa shape index (κ2) is 9.05. The minimum absolute atomic E-state index is 0.119. The number of rotatable bonds is 7. The summed E-state index contributed by atoms with van der Waals surface area (Å²) in [6.07, 6.45) is 9.81. The molecule has 0 aromatic carbocycles. The lowest BCUT2D eigenvalue weighted by Crippen LogP contribution is -2.40. The zero-order chi connectivity index (χ0) is 24.6. The first kappa shape index (κ1) is 22.9. The molecule has 1 aliphatic heterocycles. The minimum Gasteiger partial charge on any atom is -0.356 e. The Morgan fingerprint density at radius 3 is 2.94 bits per heavy atom. The molecule has 0 aliphatic carbocycles. The Morgan fingerprint density at radius 1 is 1.29 bits per heavy atom. The smallest absolute Gasteiger partial charge is 0.345 e. The molecule has 4 aromatic heterocycles. The van der Waals surface area contributed by atoms with E-state index in [9.17, 15) is 13.7 Å². The van der Waals surface area contributed by atoms with Gasteiger partial charge in [0.2, 0.25) is 0 Å². The van der Waals surface area contributed by atoms with Gasteiger partial charge in [-0.2, -0.15) is 32.6 Å². The molecule has 1 fully saturated rings. The normalized spacial score (nSPS) is 17.2. The number of nitrogens with one attached hydrogen (secondary N) is 1. The molecule has 1 aliphatic rings. The monoisotopic (exact) mass is 493 g/mol. The number of nitrogens with zero attached hydrogens (tertiary/aromatic N) is 9. The Hall–Kier alpha value is -3.89. The fourth-order valence-electron chi connectivity index (χ4n) is 4.48. The lowest BCUT2D eigenvalue weighted by molar-refractivity contribution is 0.332. The molecule has 0 saturated carbocycles. The van der Waals surface area contributed by atoms with Gasteiger partial charge in [-0.3, -0.25) is 4.68 Å². The van der Waals surface area contributed by atoms with Gasteiger partial charge in [-0.15, -0.1) is 0 Å². The number of H-pyrrole nitrogens is 1. The maximum atomic E-state index is 11.7. The van der Waals surface area contributed by atoms with Crippen molar-refractivity contribution in [2.24, 2.45) is 5.92 Å². The minimum atomic E-state index is -2.79. The first-order valence-corrected chi connectivity index (χ1v) is 12.3. The van der Waals surface area contributed by atoms with Gasteiger partial charge in [-0.25, -0.2) is 9.97 Å². The first-order chi connectivity index (χ1) is 16.9. The van der Waals surface area contributed by atoms with Crippen molar-refractivity contribution in [3.05, 3.63) is 43.2 Å². The molecule has 1 saturated heterocycles. The highest BCUT2D eigenvalue weighted by Gasteiger charge is 2.33. The van der Waals surface area contributed by atoms with E-state index in [1.54, 1.807) is 18.5 Å². The molecular weight excluding hydrogens is 468 g/mol. The molecule has 4 aromatic rings. The summed E-state index contributed by atoms with van der Waals surface area (Å²) >= 11 is 0. The average molecular weight is 494 g/mol. The van der Waals surface area contributed by atoms with Crippen LogP contribution in [0.3, 0.4) is 0 Å². The Bertz CT molecular complexity index is 1480. The Labute approximate surface area is 203 Å². The Kier molecular flexibility index (Phi) is 5.91. The van der Waals surface area contributed by atoms with Crippen LogP contribution in [-0.2, 0) is 10.9 Å². The van der Waals surface area contributed by atoms with Crippen molar-refractivity contribution in [3.63, 3.8) is 0 Å². The van der Waals surface area contributed by atoms with Gasteiger partial charge >= 0.3 is 5.95 Å². The third-order valence-corrected chi connectivity index (χ3v) is 7.48. The van der Waals surface area contributed by atoms with E-state index in [-0.39, 0.29) is 17.9 Å². The summed E-state index contributed by atoms with van der Waals surface area (Å²) in [5, 5.41) is 15.1. The number of fused-ring (bicyclic) bond motifs is 1. The molecule has 13 heteroatoms. The Morgan fingerprint density at radius 2 is 2.14 bits per heavy atom. The van der Waals surface area contributed by atoms with Gasteiger partial charge in [-0.05, 0) is 18.6 Å². The topological polar surface area (TPSA) is 146 Å². The highest BCUT2D eigenvalue weighted by molar-refractivity contribution is 7.71. The van der Waals surface area contributed by atoms with E-state index in [1.807, 2.05) is 23.1 Å². The largest absolute Gasteiger partial charge is 0.356 e. The molecule has 12 nitrogen and oxygen atoms in total. The van der Waals surface area contributed by atoms with Crippen LogP contribution >= 0.6 is 0 Å². The van der Waals surface area contributed by atoms with Gasteiger partial charge in [0.25, 0.3) is 10.9 Å². The highest BCUT2D eigenvalue weighted by Crippen LogP contribution is 2.34. The van der Waals surface area contributed by atoms with Crippen LogP contribution in [0, 0.1) is 17.2 Å². The quantitative estimate of drug-likeness (QED) is 0.290. The van der Waals surface area contributed by atoms with Crippen LogP contribution in [0.2, 0.25) is 0 Å². The maximum absolute atomic E-state index is 11.7. The van der Waals surface area contributed by atoms with Gasteiger partial charge in [0.05, 0.1) is 44.5 Å². The third-order valence-electron chi connectivity index (χ3n) is 6.49. The van der Waals surface area contributed by atoms with Crippen LogP contribution in [0.25, 0.3) is 22.3 Å². The van der Waals surface area contributed by atoms with Gasteiger partial charge in [0.1, 0.15) is 17.8 Å². The van der Waals surface area contributed by atoms with E-state index in [2.05, 4.69) is 41.0 Å². The van der Waals surface area contributed by atoms with Crippen LogP contribution in [0.15, 0.2) is 43.2 Å². The zero-order valence-corrected chi connectivity index (χ0v) is 20.2. The van der Waals surface area contributed by atoms with Crippen molar-refractivity contribution in [1.29, 1.82) is 5.26 Å². The van der Waals surface area contributed by atoms with Gasteiger partial charge in [0.15, 0.2) is 0 Å². The van der Waals surface area contributed by atoms with E-state index in [0.717, 1.165) is 35.3 Å².